The molecule has 0 unspecified atom stereocenters. The van der Waals surface area contributed by atoms with Crippen LogP contribution < -0.4 is 15.3 Å². The van der Waals surface area contributed by atoms with Crippen LogP contribution in [0.15, 0.2) is 94.3 Å². The number of anilines is 1. The molecule has 0 saturated heterocycles. The minimum absolute atomic E-state index is 0.0633. The van der Waals surface area contributed by atoms with Crippen LogP contribution in [0, 0.1) is 0 Å². The summed E-state index contributed by atoms with van der Waals surface area (Å²) in [6.07, 6.45) is 1.66. The number of pyridine rings is 1. The molecular formula is C28H19N3O4S. The Labute approximate surface area is 209 Å². The van der Waals surface area contributed by atoms with Gasteiger partial charge in [0.05, 0.1) is 29.6 Å². The summed E-state index contributed by atoms with van der Waals surface area (Å²) in [5.74, 6) is 0.192. The van der Waals surface area contributed by atoms with E-state index in [-0.39, 0.29) is 12.1 Å². The number of aromatic nitrogens is 2. The van der Waals surface area contributed by atoms with Crippen LogP contribution in [-0.2, 0) is 6.54 Å². The van der Waals surface area contributed by atoms with Crippen LogP contribution in [0.5, 0.6) is 5.75 Å². The number of hydrogen-bond donors (Lipinski definition) is 0. The zero-order valence-corrected chi connectivity index (χ0v) is 20.0. The normalized spacial score (nSPS) is 11.2. The molecule has 0 radical (unpaired) electrons. The zero-order valence-electron chi connectivity index (χ0n) is 19.2. The zero-order chi connectivity index (χ0) is 24.6. The Bertz CT molecular complexity index is 1810. The lowest BCUT2D eigenvalue weighted by atomic mass is 10.0. The van der Waals surface area contributed by atoms with E-state index in [1.807, 2.05) is 66.7 Å². The lowest BCUT2D eigenvalue weighted by molar-refractivity contribution is 0.0981. The van der Waals surface area contributed by atoms with Crippen molar-refractivity contribution in [3.05, 3.63) is 107 Å². The summed E-state index contributed by atoms with van der Waals surface area (Å²) in [6.45, 7) is 0.143. The number of fused-ring (bicyclic) bond motifs is 4. The molecule has 7 nitrogen and oxygen atoms in total. The van der Waals surface area contributed by atoms with Crippen molar-refractivity contribution in [1.29, 1.82) is 0 Å². The lowest BCUT2D eigenvalue weighted by Crippen LogP contribution is -2.34. The van der Waals surface area contributed by atoms with Gasteiger partial charge in [-0.15, -0.1) is 0 Å². The van der Waals surface area contributed by atoms with E-state index in [1.54, 1.807) is 25.4 Å². The summed E-state index contributed by atoms with van der Waals surface area (Å²) in [6, 6.07) is 24.1. The number of carbonyl (C=O) groups excluding carboxylic acids is 1. The minimum atomic E-state index is -0.698. The van der Waals surface area contributed by atoms with Gasteiger partial charge in [-0.1, -0.05) is 47.7 Å². The number of benzene rings is 3. The molecule has 0 spiro atoms. The van der Waals surface area contributed by atoms with Gasteiger partial charge in [0.2, 0.25) is 0 Å². The van der Waals surface area contributed by atoms with E-state index in [0.717, 1.165) is 21.0 Å². The van der Waals surface area contributed by atoms with E-state index in [9.17, 15) is 9.59 Å². The largest absolute Gasteiger partial charge is 0.497 e. The van der Waals surface area contributed by atoms with Crippen LogP contribution in [0.4, 0.5) is 5.13 Å². The highest BCUT2D eigenvalue weighted by Gasteiger charge is 2.26. The number of rotatable bonds is 5. The minimum Gasteiger partial charge on any atom is -0.497 e. The van der Waals surface area contributed by atoms with Gasteiger partial charge in [-0.3, -0.25) is 14.7 Å². The highest BCUT2D eigenvalue weighted by Crippen LogP contribution is 2.33. The average molecular weight is 494 g/mol. The smallest absolute Gasteiger partial charge is 0.349 e. The molecule has 8 heteroatoms. The first-order valence-electron chi connectivity index (χ1n) is 11.2. The van der Waals surface area contributed by atoms with Crippen LogP contribution in [0.1, 0.15) is 16.1 Å². The van der Waals surface area contributed by atoms with Crippen molar-refractivity contribution in [2.75, 3.05) is 12.0 Å². The Morgan fingerprint density at radius 1 is 1.00 bits per heavy atom. The Hall–Kier alpha value is -4.56. The van der Waals surface area contributed by atoms with Gasteiger partial charge in [-0.2, -0.15) is 0 Å². The fourth-order valence-corrected chi connectivity index (χ4v) is 5.17. The van der Waals surface area contributed by atoms with Crippen molar-refractivity contribution in [1.82, 2.24) is 9.97 Å². The summed E-state index contributed by atoms with van der Waals surface area (Å²) < 4.78 is 11.8. The third kappa shape index (κ3) is 3.87. The highest BCUT2D eigenvalue weighted by atomic mass is 32.1. The Morgan fingerprint density at radius 2 is 1.86 bits per heavy atom. The van der Waals surface area contributed by atoms with Crippen molar-refractivity contribution in [3.63, 3.8) is 0 Å². The highest BCUT2D eigenvalue weighted by molar-refractivity contribution is 7.22. The summed E-state index contributed by atoms with van der Waals surface area (Å²) in [4.78, 5) is 37.5. The van der Waals surface area contributed by atoms with Crippen LogP contribution in [-0.4, -0.2) is 23.0 Å². The van der Waals surface area contributed by atoms with Crippen molar-refractivity contribution >= 4 is 54.3 Å². The number of nitrogens with zero attached hydrogens (tertiary/aromatic N) is 3. The molecule has 0 saturated carbocycles. The molecule has 176 valence electrons. The third-order valence-electron chi connectivity index (χ3n) is 5.98. The fourth-order valence-electron chi connectivity index (χ4n) is 4.18. The van der Waals surface area contributed by atoms with Crippen LogP contribution in [0.25, 0.3) is 32.0 Å². The van der Waals surface area contributed by atoms with E-state index < -0.39 is 11.5 Å². The van der Waals surface area contributed by atoms with E-state index in [2.05, 4.69) is 9.97 Å². The molecule has 3 aromatic heterocycles. The van der Waals surface area contributed by atoms with Crippen molar-refractivity contribution in [2.24, 2.45) is 0 Å². The van der Waals surface area contributed by atoms with Crippen molar-refractivity contribution in [2.45, 2.75) is 6.54 Å². The quantitative estimate of drug-likeness (QED) is 0.223. The Morgan fingerprint density at radius 3 is 2.69 bits per heavy atom. The first-order valence-corrected chi connectivity index (χ1v) is 12.0. The Balaban J connectivity index is 1.51. The third-order valence-corrected chi connectivity index (χ3v) is 7.02. The van der Waals surface area contributed by atoms with Crippen LogP contribution >= 0.6 is 11.3 Å². The fraction of sp³-hybridized carbons (Fsp3) is 0.0714. The molecule has 0 aliphatic carbocycles. The summed E-state index contributed by atoms with van der Waals surface area (Å²) in [7, 11) is 1.60. The first-order chi connectivity index (χ1) is 17.6. The molecule has 0 fully saturated rings. The van der Waals surface area contributed by atoms with Gasteiger partial charge >= 0.3 is 5.63 Å². The van der Waals surface area contributed by atoms with Crippen LogP contribution in [0.3, 0.4) is 0 Å². The van der Waals surface area contributed by atoms with Gasteiger partial charge < -0.3 is 9.15 Å². The molecule has 1 amide bonds. The predicted octanol–water partition coefficient (Wildman–Crippen LogP) is 5.81. The summed E-state index contributed by atoms with van der Waals surface area (Å²) in [5.41, 5.74) is 1.06. The maximum atomic E-state index is 13.9. The monoisotopic (exact) mass is 493 g/mol. The maximum Gasteiger partial charge on any atom is 0.349 e. The van der Waals surface area contributed by atoms with Gasteiger partial charge in [0, 0.05) is 11.6 Å². The van der Waals surface area contributed by atoms with Gasteiger partial charge in [0.25, 0.3) is 5.91 Å². The average Bonchev–Trinajstić information content (AvgIpc) is 3.34. The first kappa shape index (κ1) is 21.9. The molecule has 6 rings (SSSR count). The van der Waals surface area contributed by atoms with E-state index in [0.29, 0.717) is 27.5 Å². The molecule has 6 aromatic rings. The van der Waals surface area contributed by atoms with E-state index in [4.69, 9.17) is 9.15 Å². The second-order valence-electron chi connectivity index (χ2n) is 8.19. The van der Waals surface area contributed by atoms with Gasteiger partial charge in [-0.25, -0.2) is 9.78 Å². The number of carbonyl (C=O) groups is 1. The second-order valence-corrected chi connectivity index (χ2v) is 9.20. The van der Waals surface area contributed by atoms with E-state index >= 15 is 0 Å². The number of hydrogen-bond acceptors (Lipinski definition) is 7. The molecule has 36 heavy (non-hydrogen) atoms. The molecule has 0 aliphatic rings. The Kier molecular flexibility index (Phi) is 5.42. The summed E-state index contributed by atoms with van der Waals surface area (Å²) >= 11 is 1.34. The second kappa shape index (κ2) is 8.90. The van der Waals surface area contributed by atoms with Gasteiger partial charge in [-0.05, 0) is 53.2 Å². The standard InChI is InChI=1S/C28H19N3O4S/c1-34-19-10-11-23-25(14-19)36-28(30-23)31(16-18-7-4-5-13-29-18)26(32)22-15-21-20-8-3-2-6-17(20)9-12-24(21)35-27(22)33/h2-15H,16H2,1H3. The maximum absolute atomic E-state index is 13.9. The predicted molar refractivity (Wildman–Crippen MR) is 141 cm³/mol. The SMILES string of the molecule is COc1ccc2nc(N(Cc3ccccn3)C(=O)c3cc4c(ccc5ccccc54)oc3=O)sc2c1. The molecule has 0 N–H and O–H groups in total. The van der Waals surface area contributed by atoms with Crippen LogP contribution in [0.2, 0.25) is 0 Å². The molecule has 3 aromatic carbocycles. The summed E-state index contributed by atoms with van der Waals surface area (Å²) in [5, 5.41) is 3.04. The molecule has 0 bridgehead atoms. The molecule has 0 atom stereocenters. The molecule has 0 aliphatic heterocycles. The number of thiazole rings is 1. The molecule has 3 heterocycles. The van der Waals surface area contributed by atoms with Crippen molar-refractivity contribution < 1.29 is 13.9 Å². The van der Waals surface area contributed by atoms with E-state index in [1.165, 1.54) is 16.2 Å². The topological polar surface area (TPSA) is 85.5 Å². The van der Waals surface area contributed by atoms with Gasteiger partial charge in [0.1, 0.15) is 16.9 Å². The van der Waals surface area contributed by atoms with Gasteiger partial charge in [0.15, 0.2) is 5.13 Å². The lowest BCUT2D eigenvalue weighted by Gasteiger charge is -2.19. The van der Waals surface area contributed by atoms with Crippen molar-refractivity contribution in [3.8, 4) is 5.75 Å². The number of methoxy groups -OCH3 is 1. The number of amides is 1. The molecular weight excluding hydrogens is 474 g/mol. The number of ether oxygens (including phenoxy) is 1.